The van der Waals surface area contributed by atoms with E-state index in [9.17, 15) is 4.79 Å². The lowest BCUT2D eigenvalue weighted by Crippen LogP contribution is -2.36. The molecule has 1 fully saturated rings. The molecular weight excluding hydrogens is 240 g/mol. The summed E-state index contributed by atoms with van der Waals surface area (Å²) in [4.78, 5) is 11.7. The molecule has 1 heterocycles. The number of ether oxygens (including phenoxy) is 1. The maximum atomic E-state index is 11.7. The number of aliphatic hydroxyl groups excluding tert-OH is 1. The molecule has 0 spiro atoms. The molecule has 2 atom stereocenters. The first kappa shape index (κ1) is 14.8. The van der Waals surface area contributed by atoms with Gasteiger partial charge in [0.15, 0.2) is 0 Å². The van der Waals surface area contributed by atoms with Crippen molar-refractivity contribution in [3.63, 3.8) is 0 Å². The SMILES string of the molecule is NCC1CCC(C(=O)NCCSCCCO)O1. The van der Waals surface area contributed by atoms with E-state index in [1.807, 2.05) is 0 Å². The minimum Gasteiger partial charge on any atom is -0.396 e. The molecule has 5 nitrogen and oxygen atoms in total. The molecule has 0 aromatic rings. The van der Waals surface area contributed by atoms with Crippen LogP contribution in [-0.4, -0.2) is 54.4 Å². The van der Waals surface area contributed by atoms with Gasteiger partial charge in [-0.2, -0.15) is 11.8 Å². The molecule has 0 aromatic heterocycles. The number of thioether (sulfide) groups is 1. The van der Waals surface area contributed by atoms with Gasteiger partial charge in [-0.15, -0.1) is 0 Å². The van der Waals surface area contributed by atoms with E-state index in [0.717, 1.165) is 30.8 Å². The van der Waals surface area contributed by atoms with Crippen molar-refractivity contribution in [3.8, 4) is 0 Å². The number of aliphatic hydroxyl groups is 1. The van der Waals surface area contributed by atoms with Gasteiger partial charge in [-0.05, 0) is 25.0 Å². The fourth-order valence-corrected chi connectivity index (χ4v) is 2.48. The van der Waals surface area contributed by atoms with Gasteiger partial charge in [0.1, 0.15) is 6.10 Å². The topological polar surface area (TPSA) is 84.6 Å². The normalized spacial score (nSPS) is 23.9. The van der Waals surface area contributed by atoms with Crippen LogP contribution in [0.25, 0.3) is 0 Å². The monoisotopic (exact) mass is 262 g/mol. The predicted octanol–water partition coefficient (Wildman–Crippen LogP) is -0.276. The van der Waals surface area contributed by atoms with Crippen LogP contribution in [-0.2, 0) is 9.53 Å². The van der Waals surface area contributed by atoms with E-state index in [4.69, 9.17) is 15.6 Å². The van der Waals surface area contributed by atoms with Crippen molar-refractivity contribution in [1.82, 2.24) is 5.32 Å². The van der Waals surface area contributed by atoms with Crippen LogP contribution >= 0.6 is 11.8 Å². The fourth-order valence-electron chi connectivity index (χ4n) is 1.70. The highest BCUT2D eigenvalue weighted by molar-refractivity contribution is 7.99. The zero-order valence-electron chi connectivity index (χ0n) is 10.1. The van der Waals surface area contributed by atoms with E-state index >= 15 is 0 Å². The van der Waals surface area contributed by atoms with Gasteiger partial charge in [0, 0.05) is 25.4 Å². The zero-order valence-corrected chi connectivity index (χ0v) is 10.9. The fraction of sp³-hybridized carbons (Fsp3) is 0.909. The average Bonchev–Trinajstić information content (AvgIpc) is 2.82. The summed E-state index contributed by atoms with van der Waals surface area (Å²) in [6.07, 6.45) is 2.18. The molecule has 1 amide bonds. The van der Waals surface area contributed by atoms with Crippen LogP contribution in [0.4, 0.5) is 0 Å². The van der Waals surface area contributed by atoms with Gasteiger partial charge in [-0.25, -0.2) is 0 Å². The van der Waals surface area contributed by atoms with Crippen molar-refractivity contribution in [2.24, 2.45) is 5.73 Å². The number of amides is 1. The van der Waals surface area contributed by atoms with E-state index < -0.39 is 0 Å². The summed E-state index contributed by atoms with van der Waals surface area (Å²) in [5.41, 5.74) is 5.48. The first-order valence-corrected chi connectivity index (χ1v) is 7.25. The van der Waals surface area contributed by atoms with Crippen LogP contribution in [0.5, 0.6) is 0 Å². The Labute approximate surface area is 106 Å². The number of carbonyl (C=O) groups excluding carboxylic acids is 1. The molecule has 6 heteroatoms. The van der Waals surface area contributed by atoms with Crippen molar-refractivity contribution in [3.05, 3.63) is 0 Å². The molecule has 100 valence electrons. The molecule has 17 heavy (non-hydrogen) atoms. The second-order valence-corrected chi connectivity index (χ2v) is 5.27. The van der Waals surface area contributed by atoms with Gasteiger partial charge in [0.2, 0.25) is 5.91 Å². The van der Waals surface area contributed by atoms with Gasteiger partial charge in [-0.1, -0.05) is 0 Å². The summed E-state index contributed by atoms with van der Waals surface area (Å²) >= 11 is 1.73. The van der Waals surface area contributed by atoms with Crippen LogP contribution in [0.15, 0.2) is 0 Å². The summed E-state index contributed by atoms with van der Waals surface area (Å²) in [5.74, 6) is 1.78. The Balaban J connectivity index is 2.01. The minimum atomic E-state index is -0.314. The molecule has 1 aliphatic rings. The largest absolute Gasteiger partial charge is 0.396 e. The molecule has 0 saturated carbocycles. The maximum absolute atomic E-state index is 11.7. The van der Waals surface area contributed by atoms with Crippen LogP contribution in [0.1, 0.15) is 19.3 Å². The quantitative estimate of drug-likeness (QED) is 0.524. The molecule has 1 rings (SSSR count). The first-order chi connectivity index (χ1) is 8.27. The van der Waals surface area contributed by atoms with Crippen molar-refractivity contribution >= 4 is 17.7 Å². The summed E-state index contributed by atoms with van der Waals surface area (Å²) < 4.78 is 5.49. The van der Waals surface area contributed by atoms with E-state index in [0.29, 0.717) is 13.1 Å². The Kier molecular flexibility index (Phi) is 7.59. The number of carbonyl (C=O) groups is 1. The number of nitrogens with two attached hydrogens (primary N) is 1. The lowest BCUT2D eigenvalue weighted by molar-refractivity contribution is -0.131. The Morgan fingerprint density at radius 3 is 2.94 bits per heavy atom. The van der Waals surface area contributed by atoms with Crippen molar-refractivity contribution in [2.75, 3.05) is 31.2 Å². The molecule has 0 aliphatic carbocycles. The van der Waals surface area contributed by atoms with Crippen LogP contribution in [0.2, 0.25) is 0 Å². The third-order valence-electron chi connectivity index (χ3n) is 2.66. The minimum absolute atomic E-state index is 0.0243. The molecule has 1 aliphatic heterocycles. The molecular formula is C11H22N2O3S. The number of nitrogens with one attached hydrogen (secondary N) is 1. The Morgan fingerprint density at radius 2 is 2.29 bits per heavy atom. The average molecular weight is 262 g/mol. The number of hydrogen-bond acceptors (Lipinski definition) is 5. The van der Waals surface area contributed by atoms with Crippen molar-refractivity contribution in [2.45, 2.75) is 31.5 Å². The molecule has 0 radical (unpaired) electrons. The molecule has 2 unspecified atom stereocenters. The molecule has 1 saturated heterocycles. The van der Waals surface area contributed by atoms with Gasteiger partial charge in [0.25, 0.3) is 0 Å². The highest BCUT2D eigenvalue weighted by atomic mass is 32.2. The molecule has 0 bridgehead atoms. The molecule has 0 aromatic carbocycles. The Bertz CT molecular complexity index is 229. The Morgan fingerprint density at radius 1 is 1.47 bits per heavy atom. The van der Waals surface area contributed by atoms with Gasteiger partial charge < -0.3 is 20.9 Å². The first-order valence-electron chi connectivity index (χ1n) is 6.09. The van der Waals surface area contributed by atoms with Crippen LogP contribution < -0.4 is 11.1 Å². The van der Waals surface area contributed by atoms with Crippen LogP contribution in [0.3, 0.4) is 0 Å². The van der Waals surface area contributed by atoms with Gasteiger partial charge in [0.05, 0.1) is 6.10 Å². The standard InChI is InChI=1S/C11H22N2O3S/c12-8-9-2-3-10(16-9)11(15)13-4-7-17-6-1-5-14/h9-10,14H,1-8,12H2,(H,13,15). The number of rotatable bonds is 8. The summed E-state index contributed by atoms with van der Waals surface area (Å²) in [6, 6.07) is 0. The smallest absolute Gasteiger partial charge is 0.249 e. The second-order valence-electron chi connectivity index (χ2n) is 4.04. The zero-order chi connectivity index (χ0) is 12.5. The third kappa shape index (κ3) is 5.72. The van der Waals surface area contributed by atoms with Gasteiger partial charge >= 0.3 is 0 Å². The summed E-state index contributed by atoms with van der Waals surface area (Å²) in [6.45, 7) is 1.37. The van der Waals surface area contributed by atoms with Crippen LogP contribution in [0, 0.1) is 0 Å². The highest BCUT2D eigenvalue weighted by Gasteiger charge is 2.29. The van der Waals surface area contributed by atoms with Gasteiger partial charge in [-0.3, -0.25) is 4.79 Å². The molecule has 4 N–H and O–H groups in total. The highest BCUT2D eigenvalue weighted by Crippen LogP contribution is 2.18. The lowest BCUT2D eigenvalue weighted by Gasteiger charge is -2.12. The van der Waals surface area contributed by atoms with E-state index in [2.05, 4.69) is 5.32 Å². The summed E-state index contributed by atoms with van der Waals surface area (Å²) in [5, 5.41) is 11.5. The second kappa shape index (κ2) is 8.74. The predicted molar refractivity (Wildman–Crippen MR) is 69.0 cm³/mol. The number of hydrogen-bond donors (Lipinski definition) is 3. The maximum Gasteiger partial charge on any atom is 0.249 e. The van der Waals surface area contributed by atoms with Crippen molar-refractivity contribution in [1.29, 1.82) is 0 Å². The van der Waals surface area contributed by atoms with Crippen molar-refractivity contribution < 1.29 is 14.6 Å². The summed E-state index contributed by atoms with van der Waals surface area (Å²) in [7, 11) is 0. The van der Waals surface area contributed by atoms with E-state index in [-0.39, 0.29) is 24.7 Å². The van der Waals surface area contributed by atoms with E-state index in [1.165, 1.54) is 0 Å². The van der Waals surface area contributed by atoms with E-state index in [1.54, 1.807) is 11.8 Å². The third-order valence-corrected chi connectivity index (χ3v) is 3.73. The lowest BCUT2D eigenvalue weighted by atomic mass is 10.2. The Hall–Kier alpha value is -0.300.